The highest BCUT2D eigenvalue weighted by atomic mass is 127. The molecule has 4 heterocycles. The van der Waals surface area contributed by atoms with E-state index in [1.54, 1.807) is 41.9 Å². The van der Waals surface area contributed by atoms with Crippen LogP contribution in [0.15, 0.2) is 93.6 Å². The van der Waals surface area contributed by atoms with Gasteiger partial charge in [0.25, 0.3) is 0 Å². The third-order valence-corrected chi connectivity index (χ3v) is 4.50. The third-order valence-electron chi connectivity index (χ3n) is 2.48. The fourth-order valence-electron chi connectivity index (χ4n) is 1.34. The molecule has 0 spiro atoms. The minimum Gasteiger partial charge on any atom is -0.275 e. The van der Waals surface area contributed by atoms with E-state index in [1.807, 2.05) is 43.6 Å². The van der Waals surface area contributed by atoms with E-state index in [9.17, 15) is 0 Å². The lowest BCUT2D eigenvalue weighted by Crippen LogP contribution is -1.84. The van der Waals surface area contributed by atoms with Crippen LogP contribution in [0.2, 0.25) is 0 Å². The molecule has 4 aromatic rings. The summed E-state index contributed by atoms with van der Waals surface area (Å²) in [4.78, 5) is 15.1. The van der Waals surface area contributed by atoms with Crippen molar-refractivity contribution in [1.82, 2.24) is 29.7 Å². The molecule has 6 nitrogen and oxygen atoms in total. The summed E-state index contributed by atoms with van der Waals surface area (Å²) in [7, 11) is 1.88. The van der Waals surface area contributed by atoms with E-state index in [2.05, 4.69) is 95.4 Å². The molecule has 0 radical (unpaired) electrons. The molecular weight excluding hydrogens is 667 g/mol. The highest BCUT2D eigenvalue weighted by Crippen LogP contribution is 2.03. The van der Waals surface area contributed by atoms with Crippen molar-refractivity contribution in [2.24, 2.45) is 7.05 Å². The molecule has 0 amide bonds. The largest absolute Gasteiger partial charge is 0.275 e. The van der Waals surface area contributed by atoms with Gasteiger partial charge in [-0.05, 0) is 101 Å². The Morgan fingerprint density at radius 3 is 1.68 bits per heavy atom. The van der Waals surface area contributed by atoms with Gasteiger partial charge in [-0.15, -0.1) is 0 Å². The molecule has 146 valence electrons. The van der Waals surface area contributed by atoms with Crippen LogP contribution < -0.4 is 0 Å². The molecule has 0 saturated carbocycles. The SMILES string of the molecule is Brc1cccnc1.Brc1cncnc1.Cn1ccc(Br)n1.Ic1ccncc1. The van der Waals surface area contributed by atoms with Gasteiger partial charge in [0.2, 0.25) is 0 Å². The van der Waals surface area contributed by atoms with Crippen molar-refractivity contribution in [3.8, 4) is 0 Å². The van der Waals surface area contributed by atoms with Gasteiger partial charge in [0, 0.05) is 58.5 Å². The molecule has 0 saturated heterocycles. The molecular formula is C18H16Br3IN6. The van der Waals surface area contributed by atoms with Gasteiger partial charge in [-0.2, -0.15) is 5.10 Å². The van der Waals surface area contributed by atoms with Gasteiger partial charge in [-0.1, -0.05) is 0 Å². The van der Waals surface area contributed by atoms with E-state index in [0.29, 0.717) is 0 Å². The molecule has 0 bridgehead atoms. The average Bonchev–Trinajstić information content (AvgIpc) is 3.08. The van der Waals surface area contributed by atoms with Crippen LogP contribution in [-0.2, 0) is 7.05 Å². The highest BCUT2D eigenvalue weighted by Gasteiger charge is 1.84. The number of halogens is 4. The maximum Gasteiger partial charge on any atom is 0.128 e. The minimum absolute atomic E-state index is 0.884. The van der Waals surface area contributed by atoms with Crippen LogP contribution in [0.1, 0.15) is 0 Å². The molecule has 4 rings (SSSR count). The Labute approximate surface area is 202 Å². The van der Waals surface area contributed by atoms with Crippen molar-refractivity contribution in [2.45, 2.75) is 0 Å². The van der Waals surface area contributed by atoms with Crippen molar-refractivity contribution in [2.75, 3.05) is 0 Å². The topological polar surface area (TPSA) is 69.4 Å². The Bertz CT molecular complexity index is 774. The van der Waals surface area contributed by atoms with Gasteiger partial charge < -0.3 is 0 Å². The second-order valence-electron chi connectivity index (χ2n) is 4.71. The fourth-order valence-corrected chi connectivity index (χ4v) is 2.54. The maximum absolute atomic E-state index is 3.94. The van der Waals surface area contributed by atoms with E-state index in [-0.39, 0.29) is 0 Å². The second kappa shape index (κ2) is 15.7. The summed E-state index contributed by atoms with van der Waals surface area (Å²) in [5.41, 5.74) is 0. The lowest BCUT2D eigenvalue weighted by molar-refractivity contribution is 0.760. The summed E-state index contributed by atoms with van der Waals surface area (Å²) >= 11 is 11.9. The summed E-state index contributed by atoms with van der Waals surface area (Å²) in [6, 6.07) is 9.62. The predicted molar refractivity (Wildman–Crippen MR) is 130 cm³/mol. The van der Waals surface area contributed by atoms with Crippen molar-refractivity contribution in [3.05, 3.63) is 97.2 Å². The molecule has 28 heavy (non-hydrogen) atoms. The summed E-state index contributed by atoms with van der Waals surface area (Å²) in [5, 5.41) is 3.94. The number of aryl methyl sites for hydroxylation is 1. The maximum atomic E-state index is 3.94. The van der Waals surface area contributed by atoms with E-state index in [4.69, 9.17) is 0 Å². The Morgan fingerprint density at radius 2 is 1.43 bits per heavy atom. The fraction of sp³-hybridized carbons (Fsp3) is 0.0556. The molecule has 0 N–H and O–H groups in total. The van der Waals surface area contributed by atoms with Crippen LogP contribution in [-0.4, -0.2) is 29.7 Å². The first kappa shape index (κ1) is 24.8. The van der Waals surface area contributed by atoms with Crippen LogP contribution in [0, 0.1) is 3.57 Å². The Hall–Kier alpha value is -1.24. The highest BCUT2D eigenvalue weighted by molar-refractivity contribution is 14.1. The smallest absolute Gasteiger partial charge is 0.128 e. The van der Waals surface area contributed by atoms with Gasteiger partial charge in [-0.3, -0.25) is 14.6 Å². The molecule has 0 atom stereocenters. The molecule has 0 unspecified atom stereocenters. The molecule has 10 heteroatoms. The number of aromatic nitrogens is 6. The van der Waals surface area contributed by atoms with Crippen LogP contribution >= 0.6 is 70.4 Å². The lowest BCUT2D eigenvalue weighted by atomic mass is 10.5. The zero-order valence-electron chi connectivity index (χ0n) is 14.7. The summed E-state index contributed by atoms with van der Waals surface area (Å²) < 4.78 is 5.79. The zero-order chi connectivity index (χ0) is 20.6. The number of hydrogen-bond acceptors (Lipinski definition) is 5. The quantitative estimate of drug-likeness (QED) is 0.215. The number of nitrogens with zero attached hydrogens (tertiary/aromatic N) is 6. The van der Waals surface area contributed by atoms with Gasteiger partial charge in [0.15, 0.2) is 0 Å². The van der Waals surface area contributed by atoms with Crippen LogP contribution in [0.3, 0.4) is 0 Å². The van der Waals surface area contributed by atoms with Crippen molar-refractivity contribution in [1.29, 1.82) is 0 Å². The van der Waals surface area contributed by atoms with Crippen LogP contribution in [0.25, 0.3) is 0 Å². The van der Waals surface area contributed by atoms with E-state index in [0.717, 1.165) is 13.5 Å². The average molecular weight is 683 g/mol. The number of hydrogen-bond donors (Lipinski definition) is 0. The predicted octanol–water partition coefficient (Wildman–Crippen LogP) is 5.95. The van der Waals surface area contributed by atoms with Gasteiger partial charge in [0.1, 0.15) is 10.9 Å². The van der Waals surface area contributed by atoms with Crippen LogP contribution in [0.4, 0.5) is 0 Å². The van der Waals surface area contributed by atoms with Gasteiger partial charge in [-0.25, -0.2) is 9.97 Å². The van der Waals surface area contributed by atoms with E-state index >= 15 is 0 Å². The Balaban J connectivity index is 0.000000187. The van der Waals surface area contributed by atoms with Gasteiger partial charge in [0.05, 0.1) is 4.47 Å². The first-order valence-corrected chi connectivity index (χ1v) is 11.1. The van der Waals surface area contributed by atoms with Crippen molar-refractivity contribution >= 4 is 70.4 Å². The van der Waals surface area contributed by atoms with E-state index in [1.165, 1.54) is 9.90 Å². The van der Waals surface area contributed by atoms with Crippen molar-refractivity contribution in [3.63, 3.8) is 0 Å². The Kier molecular flexibility index (Phi) is 13.9. The third kappa shape index (κ3) is 13.9. The lowest BCUT2D eigenvalue weighted by Gasteiger charge is -1.80. The Morgan fingerprint density at radius 1 is 0.786 bits per heavy atom. The minimum atomic E-state index is 0.884. The number of pyridine rings is 2. The van der Waals surface area contributed by atoms with E-state index < -0.39 is 0 Å². The standard InChI is InChI=1S/C5H4BrN.C5H4IN.C4H3BrN2.C4H5BrN2/c6-5-2-1-3-7-4-5;6-5-1-3-7-4-2-5;5-4-1-6-3-7-2-4;1-7-3-2-4(5)6-7/h2*1-4H;1-3H;2-3H,1H3. The van der Waals surface area contributed by atoms with Crippen LogP contribution in [0.5, 0.6) is 0 Å². The number of rotatable bonds is 0. The van der Waals surface area contributed by atoms with Gasteiger partial charge >= 0.3 is 0 Å². The summed E-state index contributed by atoms with van der Waals surface area (Å²) in [5.74, 6) is 0. The first-order chi connectivity index (χ1) is 13.5. The summed E-state index contributed by atoms with van der Waals surface area (Å²) in [6.45, 7) is 0. The monoisotopic (exact) mass is 680 g/mol. The molecule has 4 aromatic heterocycles. The first-order valence-electron chi connectivity index (χ1n) is 7.64. The molecule has 0 aromatic carbocycles. The molecule has 0 aliphatic rings. The second-order valence-corrected chi connectivity index (χ2v) is 8.59. The van der Waals surface area contributed by atoms with Crippen molar-refractivity contribution < 1.29 is 0 Å². The molecule has 0 aliphatic heterocycles. The molecule has 0 aliphatic carbocycles. The normalized spacial score (nSPS) is 8.89. The molecule has 0 fully saturated rings. The summed E-state index contributed by atoms with van der Waals surface area (Å²) in [6.07, 6.45) is 13.8. The zero-order valence-corrected chi connectivity index (χ0v) is 21.6.